The summed E-state index contributed by atoms with van der Waals surface area (Å²) in [6.45, 7) is 4.50. The van der Waals surface area contributed by atoms with E-state index in [1.807, 2.05) is 0 Å². The van der Waals surface area contributed by atoms with E-state index in [1.54, 1.807) is 0 Å². The minimum atomic E-state index is -0.885. The number of carboxylic acids is 1. The normalized spacial score (nSPS) is 12.6. The van der Waals surface area contributed by atoms with Crippen LogP contribution in [0, 0.1) is 0 Å². The SMILES string of the molecule is CCCCC/C=C\C/C=C\CCCC/C=C\CCCCCCCC(=O)OC(CCCCCCCCCCCCC)CC(=O)O. The van der Waals surface area contributed by atoms with E-state index in [4.69, 9.17) is 4.74 Å². The Balaban J connectivity index is 3.66. The van der Waals surface area contributed by atoms with Crippen molar-refractivity contribution < 1.29 is 19.4 Å². The van der Waals surface area contributed by atoms with Crippen LogP contribution in [-0.2, 0) is 14.3 Å². The van der Waals surface area contributed by atoms with E-state index in [2.05, 4.69) is 50.3 Å². The number of unbranched alkanes of at least 4 members (excludes halogenated alkanes) is 21. The summed E-state index contributed by atoms with van der Waals surface area (Å²) in [6, 6.07) is 0. The highest BCUT2D eigenvalue weighted by Gasteiger charge is 2.17. The largest absolute Gasteiger partial charge is 0.481 e. The zero-order chi connectivity index (χ0) is 32.2. The second kappa shape index (κ2) is 35.6. The van der Waals surface area contributed by atoms with Crippen molar-refractivity contribution in [1.82, 2.24) is 0 Å². The van der Waals surface area contributed by atoms with Gasteiger partial charge in [0.05, 0.1) is 6.42 Å². The molecule has 0 aromatic heterocycles. The Bertz CT molecular complexity index is 708. The van der Waals surface area contributed by atoms with Gasteiger partial charge in [0.1, 0.15) is 6.10 Å². The second-order valence-electron chi connectivity index (χ2n) is 12.8. The Morgan fingerprint density at radius 1 is 0.523 bits per heavy atom. The number of hydrogen-bond donors (Lipinski definition) is 1. The average molecular weight is 617 g/mol. The third-order valence-corrected chi connectivity index (χ3v) is 8.32. The van der Waals surface area contributed by atoms with Crippen molar-refractivity contribution in [3.63, 3.8) is 0 Å². The maximum atomic E-state index is 12.3. The van der Waals surface area contributed by atoms with Crippen molar-refractivity contribution in [2.45, 2.75) is 206 Å². The van der Waals surface area contributed by atoms with E-state index in [9.17, 15) is 14.7 Å². The Morgan fingerprint density at radius 2 is 0.909 bits per heavy atom. The van der Waals surface area contributed by atoms with E-state index in [1.165, 1.54) is 122 Å². The number of esters is 1. The molecule has 0 radical (unpaired) electrons. The number of aliphatic carboxylic acids is 1. The lowest BCUT2D eigenvalue weighted by Crippen LogP contribution is -2.21. The van der Waals surface area contributed by atoms with Gasteiger partial charge in [-0.15, -0.1) is 0 Å². The number of allylic oxidation sites excluding steroid dienone is 6. The van der Waals surface area contributed by atoms with Crippen molar-refractivity contribution in [3.8, 4) is 0 Å². The molecule has 44 heavy (non-hydrogen) atoms. The molecule has 0 spiro atoms. The first-order valence-corrected chi connectivity index (χ1v) is 19.0. The van der Waals surface area contributed by atoms with Crippen LogP contribution >= 0.6 is 0 Å². The molecule has 1 unspecified atom stereocenters. The van der Waals surface area contributed by atoms with Gasteiger partial charge in [-0.2, -0.15) is 0 Å². The molecule has 0 saturated heterocycles. The summed E-state index contributed by atoms with van der Waals surface area (Å²) in [5.74, 6) is -1.11. The fraction of sp³-hybridized carbons (Fsp3) is 0.800. The molecule has 0 bridgehead atoms. The first-order chi connectivity index (χ1) is 21.6. The predicted octanol–water partition coefficient (Wildman–Crippen LogP) is 13.0. The van der Waals surface area contributed by atoms with Gasteiger partial charge >= 0.3 is 11.9 Å². The third kappa shape index (κ3) is 34.6. The predicted molar refractivity (Wildman–Crippen MR) is 190 cm³/mol. The number of rotatable bonds is 34. The molecule has 0 fully saturated rings. The number of carbonyl (C=O) groups excluding carboxylic acids is 1. The van der Waals surface area contributed by atoms with Gasteiger partial charge in [-0.05, 0) is 77.0 Å². The summed E-state index contributed by atoms with van der Waals surface area (Å²) in [4.78, 5) is 23.6. The molecule has 1 N–H and O–H groups in total. The molecule has 0 heterocycles. The summed E-state index contributed by atoms with van der Waals surface area (Å²) >= 11 is 0. The van der Waals surface area contributed by atoms with Gasteiger partial charge in [0.2, 0.25) is 0 Å². The minimum Gasteiger partial charge on any atom is -0.481 e. The Labute approximate surface area is 273 Å². The zero-order valence-corrected chi connectivity index (χ0v) is 29.2. The standard InChI is InChI=1S/C40H72O4/c1-3-5-7-9-11-13-15-16-17-18-19-20-21-22-23-24-26-28-30-32-34-36-40(43)44-38(37-39(41)42)35-33-31-29-27-25-14-12-10-8-6-4-2/h11,13,16-17,22-23,38H,3-10,12,14-15,18-21,24-37H2,1-2H3,(H,41,42)/b13-11-,17-16-,23-22-. The highest BCUT2D eigenvalue weighted by Crippen LogP contribution is 2.16. The molecular formula is C40H72O4. The number of hydrogen-bond acceptors (Lipinski definition) is 3. The zero-order valence-electron chi connectivity index (χ0n) is 29.2. The van der Waals surface area contributed by atoms with Gasteiger partial charge in [-0.3, -0.25) is 9.59 Å². The summed E-state index contributed by atoms with van der Waals surface area (Å²) in [6.07, 6.45) is 45.9. The van der Waals surface area contributed by atoms with Crippen LogP contribution in [0.15, 0.2) is 36.5 Å². The van der Waals surface area contributed by atoms with Gasteiger partial charge in [0.15, 0.2) is 0 Å². The van der Waals surface area contributed by atoms with E-state index >= 15 is 0 Å². The maximum absolute atomic E-state index is 12.3. The lowest BCUT2D eigenvalue weighted by Gasteiger charge is -2.16. The van der Waals surface area contributed by atoms with E-state index in [0.29, 0.717) is 12.8 Å². The molecule has 0 aliphatic heterocycles. The van der Waals surface area contributed by atoms with Crippen LogP contribution in [-0.4, -0.2) is 23.1 Å². The monoisotopic (exact) mass is 617 g/mol. The molecule has 0 aromatic carbocycles. The molecule has 0 aliphatic carbocycles. The molecule has 256 valence electrons. The smallest absolute Gasteiger partial charge is 0.307 e. The first kappa shape index (κ1) is 42.2. The molecule has 0 aromatic rings. The Hall–Kier alpha value is -1.84. The average Bonchev–Trinajstić information content (AvgIpc) is 3.00. The molecule has 1 atom stereocenters. The van der Waals surface area contributed by atoms with Gasteiger partial charge < -0.3 is 9.84 Å². The second-order valence-corrected chi connectivity index (χ2v) is 12.8. The fourth-order valence-corrected chi connectivity index (χ4v) is 5.52. The number of carboxylic acid groups (broad SMARTS) is 1. The van der Waals surface area contributed by atoms with Crippen molar-refractivity contribution in [2.24, 2.45) is 0 Å². The molecule has 4 heteroatoms. The van der Waals surface area contributed by atoms with Crippen LogP contribution in [0.1, 0.15) is 200 Å². The minimum absolute atomic E-state index is 0.0782. The van der Waals surface area contributed by atoms with Crippen LogP contribution in [0.5, 0.6) is 0 Å². The summed E-state index contributed by atoms with van der Waals surface area (Å²) in [5.41, 5.74) is 0. The highest BCUT2D eigenvalue weighted by molar-refractivity contribution is 5.71. The van der Waals surface area contributed by atoms with Crippen LogP contribution in [0.25, 0.3) is 0 Å². The summed E-state index contributed by atoms with van der Waals surface area (Å²) in [7, 11) is 0. The van der Waals surface area contributed by atoms with Gasteiger partial charge in [-0.25, -0.2) is 0 Å². The van der Waals surface area contributed by atoms with E-state index in [0.717, 1.165) is 44.9 Å². The Morgan fingerprint density at radius 3 is 1.43 bits per heavy atom. The van der Waals surface area contributed by atoms with Crippen molar-refractivity contribution >= 4 is 11.9 Å². The lowest BCUT2D eigenvalue weighted by molar-refractivity contribution is -0.153. The quantitative estimate of drug-likeness (QED) is 0.0444. The van der Waals surface area contributed by atoms with Crippen LogP contribution in [0.4, 0.5) is 0 Å². The lowest BCUT2D eigenvalue weighted by atomic mass is 10.0. The molecule has 0 rings (SSSR count). The van der Waals surface area contributed by atoms with Crippen LogP contribution < -0.4 is 0 Å². The molecule has 4 nitrogen and oxygen atoms in total. The van der Waals surface area contributed by atoms with Crippen LogP contribution in [0.2, 0.25) is 0 Å². The molecule has 0 saturated carbocycles. The number of ether oxygens (including phenoxy) is 1. The highest BCUT2D eigenvalue weighted by atomic mass is 16.5. The first-order valence-electron chi connectivity index (χ1n) is 19.0. The Kier molecular flexibility index (Phi) is 34.1. The van der Waals surface area contributed by atoms with E-state index < -0.39 is 12.1 Å². The van der Waals surface area contributed by atoms with Crippen molar-refractivity contribution in [2.75, 3.05) is 0 Å². The molecular weight excluding hydrogens is 544 g/mol. The van der Waals surface area contributed by atoms with Gasteiger partial charge in [-0.1, -0.05) is 147 Å². The molecule has 0 amide bonds. The number of carbonyl (C=O) groups is 2. The topological polar surface area (TPSA) is 63.6 Å². The van der Waals surface area contributed by atoms with E-state index in [-0.39, 0.29) is 12.4 Å². The molecule has 0 aliphatic rings. The van der Waals surface area contributed by atoms with Crippen LogP contribution in [0.3, 0.4) is 0 Å². The summed E-state index contributed by atoms with van der Waals surface area (Å²) in [5, 5.41) is 9.23. The summed E-state index contributed by atoms with van der Waals surface area (Å²) < 4.78 is 5.56. The third-order valence-electron chi connectivity index (χ3n) is 8.32. The van der Waals surface area contributed by atoms with Gasteiger partial charge in [0, 0.05) is 6.42 Å². The van der Waals surface area contributed by atoms with Gasteiger partial charge in [0.25, 0.3) is 0 Å². The maximum Gasteiger partial charge on any atom is 0.307 e. The fourth-order valence-electron chi connectivity index (χ4n) is 5.52. The van der Waals surface area contributed by atoms with Crippen molar-refractivity contribution in [1.29, 1.82) is 0 Å². The van der Waals surface area contributed by atoms with Crippen molar-refractivity contribution in [3.05, 3.63) is 36.5 Å².